The molecule has 0 heterocycles. The Morgan fingerprint density at radius 3 is 2.18 bits per heavy atom. The third-order valence-corrected chi connectivity index (χ3v) is 6.93. The molecule has 33 heavy (non-hydrogen) atoms. The van der Waals surface area contributed by atoms with Crippen molar-refractivity contribution in [1.82, 2.24) is 0 Å². The van der Waals surface area contributed by atoms with Crippen molar-refractivity contribution in [2.24, 2.45) is 0 Å². The van der Waals surface area contributed by atoms with Gasteiger partial charge in [0.25, 0.3) is 0 Å². The largest absolute Gasteiger partial charge is 0.289 e. The van der Waals surface area contributed by atoms with Crippen LogP contribution < -0.4 is 0 Å². The first-order chi connectivity index (χ1) is 16.0. The number of benzene rings is 3. The van der Waals surface area contributed by atoms with Gasteiger partial charge >= 0.3 is 0 Å². The molecule has 3 aromatic rings. The molecule has 0 radical (unpaired) electrons. The quantitative estimate of drug-likeness (QED) is 0.402. The smallest absolute Gasteiger partial charge is 0.187 e. The average Bonchev–Trinajstić information content (AvgIpc) is 3.18. The third-order valence-electron chi connectivity index (χ3n) is 6.44. The van der Waals surface area contributed by atoms with Gasteiger partial charge in [0.2, 0.25) is 0 Å². The minimum Gasteiger partial charge on any atom is -0.289 e. The van der Waals surface area contributed by atoms with Gasteiger partial charge in [0, 0.05) is 21.5 Å². The maximum Gasteiger partial charge on any atom is 0.187 e. The molecule has 3 aliphatic carbocycles. The fraction of sp³-hybridized carbons (Fsp3) is 0.0345. The molecule has 0 spiro atoms. The predicted octanol–water partition coefficient (Wildman–Crippen LogP) is 6.59. The summed E-state index contributed by atoms with van der Waals surface area (Å²) in [6.07, 6.45) is 4.74. The molecule has 2 nitrogen and oxygen atoms in total. The molecule has 3 aliphatic rings. The van der Waals surface area contributed by atoms with E-state index in [1.54, 1.807) is 12.1 Å². The summed E-state index contributed by atoms with van der Waals surface area (Å²) in [6, 6.07) is 22.3. The highest BCUT2D eigenvalue weighted by Gasteiger charge is 2.43. The highest BCUT2D eigenvalue weighted by atomic mass is 79.9. The van der Waals surface area contributed by atoms with Crippen LogP contribution in [0.3, 0.4) is 0 Å². The number of carbonyl (C=O) groups is 2. The molecule has 3 aromatic carbocycles. The van der Waals surface area contributed by atoms with E-state index in [2.05, 4.69) is 28.1 Å². The van der Waals surface area contributed by atoms with E-state index < -0.39 is 0 Å². The molecule has 0 N–H and O–H groups in total. The molecule has 1 unspecified atom stereocenters. The van der Waals surface area contributed by atoms with Crippen molar-refractivity contribution in [3.05, 3.63) is 140 Å². The zero-order chi connectivity index (χ0) is 22.7. The van der Waals surface area contributed by atoms with E-state index in [0.29, 0.717) is 11.1 Å². The van der Waals surface area contributed by atoms with Crippen LogP contribution in [0.4, 0.5) is 4.39 Å². The molecule has 0 saturated heterocycles. The molecule has 0 fully saturated rings. The second-order valence-corrected chi connectivity index (χ2v) is 9.19. The van der Waals surface area contributed by atoms with E-state index in [4.69, 9.17) is 0 Å². The van der Waals surface area contributed by atoms with Crippen molar-refractivity contribution in [3.63, 3.8) is 0 Å². The Labute approximate surface area is 198 Å². The average molecular weight is 495 g/mol. The summed E-state index contributed by atoms with van der Waals surface area (Å²) >= 11 is 3.60. The Bertz CT molecular complexity index is 1490. The van der Waals surface area contributed by atoms with Crippen LogP contribution in [-0.2, 0) is 9.59 Å². The number of ketones is 2. The van der Waals surface area contributed by atoms with Gasteiger partial charge in [-0.25, -0.2) is 4.39 Å². The zero-order valence-corrected chi connectivity index (χ0v) is 18.9. The van der Waals surface area contributed by atoms with E-state index in [1.807, 2.05) is 42.5 Å². The minimum atomic E-state index is -0.347. The van der Waals surface area contributed by atoms with E-state index >= 15 is 0 Å². The highest BCUT2D eigenvalue weighted by molar-refractivity contribution is 9.10. The van der Waals surface area contributed by atoms with Gasteiger partial charge in [-0.15, -0.1) is 0 Å². The maximum absolute atomic E-state index is 13.7. The van der Waals surface area contributed by atoms with Crippen LogP contribution in [0.25, 0.3) is 11.1 Å². The van der Waals surface area contributed by atoms with Crippen LogP contribution in [0.5, 0.6) is 0 Å². The third kappa shape index (κ3) is 3.05. The van der Waals surface area contributed by atoms with E-state index in [-0.39, 0.29) is 23.3 Å². The molecule has 0 saturated carbocycles. The Hall–Kier alpha value is -3.63. The SMILES string of the molecule is O=C1C=CC(=O)C2=C(c3ccc(F)cc3)C3C(=C12)C=C(c1ccccc1)c1ccc(Br)cc13. The van der Waals surface area contributed by atoms with Crippen molar-refractivity contribution in [1.29, 1.82) is 0 Å². The minimum absolute atomic E-state index is 0.177. The number of carbonyl (C=O) groups excluding carboxylic acids is 2. The molecule has 0 aromatic heterocycles. The van der Waals surface area contributed by atoms with Gasteiger partial charge in [-0.3, -0.25) is 9.59 Å². The summed E-state index contributed by atoms with van der Waals surface area (Å²) in [4.78, 5) is 26.2. The second-order valence-electron chi connectivity index (χ2n) is 8.28. The Kier molecular flexibility index (Phi) is 4.52. The first kappa shape index (κ1) is 20.0. The fourth-order valence-corrected chi connectivity index (χ4v) is 5.47. The first-order valence-electron chi connectivity index (χ1n) is 10.6. The number of rotatable bonds is 2. The second kappa shape index (κ2) is 7.46. The predicted molar refractivity (Wildman–Crippen MR) is 130 cm³/mol. The number of hydrogen-bond acceptors (Lipinski definition) is 2. The summed E-state index contributed by atoms with van der Waals surface area (Å²) in [7, 11) is 0. The molecular formula is C29H16BrFO2. The Balaban J connectivity index is 1.70. The number of fused-ring (bicyclic) bond motifs is 4. The topological polar surface area (TPSA) is 34.1 Å². The molecule has 6 rings (SSSR count). The molecule has 0 amide bonds. The summed E-state index contributed by atoms with van der Waals surface area (Å²) < 4.78 is 14.6. The fourth-order valence-electron chi connectivity index (χ4n) is 5.09. The van der Waals surface area contributed by atoms with Crippen LogP contribution in [0, 0.1) is 5.82 Å². The van der Waals surface area contributed by atoms with Crippen molar-refractivity contribution >= 4 is 38.6 Å². The van der Waals surface area contributed by atoms with Crippen LogP contribution in [0.2, 0.25) is 0 Å². The Morgan fingerprint density at radius 2 is 1.45 bits per heavy atom. The van der Waals surface area contributed by atoms with Gasteiger partial charge in [0.15, 0.2) is 11.6 Å². The van der Waals surface area contributed by atoms with Crippen LogP contribution >= 0.6 is 15.9 Å². The number of halogens is 2. The Morgan fingerprint density at radius 1 is 0.758 bits per heavy atom. The molecule has 158 valence electrons. The van der Waals surface area contributed by atoms with E-state index in [9.17, 15) is 14.0 Å². The molecular weight excluding hydrogens is 479 g/mol. The molecule has 0 bridgehead atoms. The summed E-state index contributed by atoms with van der Waals surface area (Å²) in [5.41, 5.74) is 7.28. The monoisotopic (exact) mass is 494 g/mol. The zero-order valence-electron chi connectivity index (χ0n) is 17.3. The van der Waals surface area contributed by atoms with Crippen LogP contribution in [0.1, 0.15) is 28.2 Å². The van der Waals surface area contributed by atoms with Gasteiger partial charge in [0.05, 0.1) is 0 Å². The summed E-state index contributed by atoms with van der Waals surface area (Å²) in [6.45, 7) is 0. The highest BCUT2D eigenvalue weighted by Crippen LogP contribution is 2.55. The van der Waals surface area contributed by atoms with Gasteiger partial charge < -0.3 is 0 Å². The summed E-state index contributed by atoms with van der Waals surface area (Å²) in [5, 5.41) is 0. The van der Waals surface area contributed by atoms with Gasteiger partial charge in [-0.05, 0) is 81.5 Å². The van der Waals surface area contributed by atoms with Crippen molar-refractivity contribution in [2.75, 3.05) is 0 Å². The van der Waals surface area contributed by atoms with Gasteiger partial charge in [-0.1, -0.05) is 64.5 Å². The van der Waals surface area contributed by atoms with E-state index in [0.717, 1.165) is 43.4 Å². The van der Waals surface area contributed by atoms with Gasteiger partial charge in [-0.2, -0.15) is 0 Å². The molecule has 4 heteroatoms. The summed E-state index contributed by atoms with van der Waals surface area (Å²) in [5.74, 6) is -1.02. The lowest BCUT2D eigenvalue weighted by Gasteiger charge is -2.28. The van der Waals surface area contributed by atoms with Crippen molar-refractivity contribution < 1.29 is 14.0 Å². The molecule has 0 aliphatic heterocycles. The molecule has 1 atom stereocenters. The lowest BCUT2D eigenvalue weighted by atomic mass is 9.75. The van der Waals surface area contributed by atoms with Crippen molar-refractivity contribution in [3.8, 4) is 0 Å². The van der Waals surface area contributed by atoms with Crippen molar-refractivity contribution in [2.45, 2.75) is 5.92 Å². The van der Waals surface area contributed by atoms with Crippen LogP contribution in [-0.4, -0.2) is 11.6 Å². The lowest BCUT2D eigenvalue weighted by molar-refractivity contribution is -0.115. The van der Waals surface area contributed by atoms with Gasteiger partial charge in [0.1, 0.15) is 5.82 Å². The lowest BCUT2D eigenvalue weighted by Crippen LogP contribution is -2.14. The number of allylic oxidation sites excluding steroid dienone is 7. The normalized spacial score (nSPS) is 18.8. The first-order valence-corrected chi connectivity index (χ1v) is 11.4. The number of hydrogen-bond donors (Lipinski definition) is 0. The maximum atomic E-state index is 13.7. The van der Waals surface area contributed by atoms with Crippen LogP contribution in [0.15, 0.2) is 112 Å². The van der Waals surface area contributed by atoms with E-state index in [1.165, 1.54) is 24.3 Å². The standard InChI is InChI=1S/C29H16BrFO2/c30-18-8-11-20-21(16-4-2-1-3-5-16)15-23-27(22(20)14-18)26(17-6-9-19(31)10-7-17)29-25(33)13-12-24(32)28(23)29/h1-15,27H.